The molecule has 0 fully saturated rings. The van der Waals surface area contributed by atoms with Gasteiger partial charge in [-0.2, -0.15) is 0 Å². The topological polar surface area (TPSA) is 63.4 Å². The van der Waals surface area contributed by atoms with Crippen LogP contribution in [0, 0.1) is 10.1 Å². The van der Waals surface area contributed by atoms with Crippen LogP contribution in [0.3, 0.4) is 0 Å². The first-order valence-corrected chi connectivity index (χ1v) is 1.46. The standard InChI is InChI=1S/C2H5NO3.Cu/c1-2(4)3(5)6;/h2,4H,1H3;/q;+2. The Labute approximate surface area is 51.1 Å². The first kappa shape index (κ1) is 9.99. The van der Waals surface area contributed by atoms with Crippen molar-refractivity contribution < 1.29 is 27.1 Å². The Bertz CT molecular complexity index is 64.0. The Balaban J connectivity index is 0. The van der Waals surface area contributed by atoms with Crippen LogP contribution in [0.4, 0.5) is 0 Å². The summed E-state index contributed by atoms with van der Waals surface area (Å²) in [5, 5.41) is 17.2. The SMILES string of the molecule is CC(O)[N+](=O)[O-].[Cu+2]. The van der Waals surface area contributed by atoms with Crippen LogP contribution >= 0.6 is 0 Å². The molecule has 0 rings (SSSR count). The minimum atomic E-state index is -1.43. The molecule has 0 aromatic rings. The van der Waals surface area contributed by atoms with Crippen molar-refractivity contribution in [1.82, 2.24) is 0 Å². The minimum absolute atomic E-state index is 0. The van der Waals surface area contributed by atoms with E-state index in [2.05, 4.69) is 0 Å². The van der Waals surface area contributed by atoms with Crippen LogP contribution in [-0.4, -0.2) is 16.3 Å². The van der Waals surface area contributed by atoms with Crippen molar-refractivity contribution in [1.29, 1.82) is 0 Å². The van der Waals surface area contributed by atoms with Gasteiger partial charge in [-0.1, -0.05) is 0 Å². The Morgan fingerprint density at radius 3 is 2.00 bits per heavy atom. The van der Waals surface area contributed by atoms with E-state index in [1.54, 1.807) is 0 Å². The predicted octanol–water partition coefficient (Wildman–Crippen LogP) is -0.401. The summed E-state index contributed by atoms with van der Waals surface area (Å²) in [6.45, 7) is 1.10. The molecule has 0 aliphatic heterocycles. The van der Waals surface area contributed by atoms with Gasteiger partial charge in [-0.25, -0.2) is 0 Å². The fraction of sp³-hybridized carbons (Fsp3) is 1.00. The van der Waals surface area contributed by atoms with Crippen molar-refractivity contribution in [2.75, 3.05) is 0 Å². The Morgan fingerprint density at radius 1 is 1.86 bits per heavy atom. The number of hydrogen-bond acceptors (Lipinski definition) is 3. The zero-order valence-electron chi connectivity index (χ0n) is 3.59. The Kier molecular flexibility index (Phi) is 5.78. The summed E-state index contributed by atoms with van der Waals surface area (Å²) in [4.78, 5) is 8.48. The van der Waals surface area contributed by atoms with Crippen molar-refractivity contribution in [3.63, 3.8) is 0 Å². The summed E-state index contributed by atoms with van der Waals surface area (Å²) in [6.07, 6.45) is -1.43. The van der Waals surface area contributed by atoms with Gasteiger partial charge in [0, 0.05) is 6.92 Å². The molecule has 1 radical (unpaired) electrons. The van der Waals surface area contributed by atoms with Crippen molar-refractivity contribution in [2.24, 2.45) is 0 Å². The third kappa shape index (κ3) is 5.88. The van der Waals surface area contributed by atoms with E-state index in [9.17, 15) is 10.1 Å². The molecule has 4 nitrogen and oxygen atoms in total. The zero-order valence-corrected chi connectivity index (χ0v) is 4.53. The fourth-order valence-corrected chi connectivity index (χ4v) is 0. The third-order valence-corrected chi connectivity index (χ3v) is 0.305. The van der Waals surface area contributed by atoms with E-state index in [4.69, 9.17) is 5.11 Å². The number of nitrogens with zero attached hydrogens (tertiary/aromatic N) is 1. The van der Waals surface area contributed by atoms with E-state index in [0.717, 1.165) is 6.92 Å². The van der Waals surface area contributed by atoms with E-state index in [1.165, 1.54) is 0 Å². The molecular formula is C2H5CuNO3+2. The second-order valence-corrected chi connectivity index (χ2v) is 0.917. The maximum atomic E-state index is 9.25. The molecule has 0 spiro atoms. The summed E-state index contributed by atoms with van der Waals surface area (Å²) in [5.41, 5.74) is 0. The molecule has 0 bridgehead atoms. The van der Waals surface area contributed by atoms with Gasteiger partial charge in [0.1, 0.15) is 0 Å². The van der Waals surface area contributed by atoms with Crippen LogP contribution < -0.4 is 0 Å². The molecule has 0 aliphatic rings. The Hall–Kier alpha value is -0.121. The molecule has 7 heavy (non-hydrogen) atoms. The summed E-state index contributed by atoms with van der Waals surface area (Å²) in [6, 6.07) is 0. The van der Waals surface area contributed by atoms with Gasteiger partial charge in [0.15, 0.2) is 0 Å². The largest absolute Gasteiger partial charge is 2.00 e. The average molecular weight is 155 g/mol. The van der Waals surface area contributed by atoms with E-state index >= 15 is 0 Å². The summed E-state index contributed by atoms with van der Waals surface area (Å²) in [7, 11) is 0. The van der Waals surface area contributed by atoms with Gasteiger partial charge in [-0.3, -0.25) is 10.1 Å². The van der Waals surface area contributed by atoms with E-state index in [0.29, 0.717) is 0 Å². The van der Waals surface area contributed by atoms with Gasteiger partial charge in [-0.15, -0.1) is 0 Å². The molecule has 0 aromatic carbocycles. The quantitative estimate of drug-likeness (QED) is 0.242. The van der Waals surface area contributed by atoms with Crippen LogP contribution in [0.1, 0.15) is 6.92 Å². The van der Waals surface area contributed by atoms with Crippen molar-refractivity contribution in [2.45, 2.75) is 13.2 Å². The second-order valence-electron chi connectivity index (χ2n) is 0.917. The van der Waals surface area contributed by atoms with E-state index < -0.39 is 11.2 Å². The van der Waals surface area contributed by atoms with Gasteiger partial charge in [0.25, 0.3) is 0 Å². The maximum absolute atomic E-state index is 9.25. The van der Waals surface area contributed by atoms with E-state index in [-0.39, 0.29) is 17.1 Å². The van der Waals surface area contributed by atoms with Gasteiger partial charge in [0.05, 0.1) is 4.92 Å². The minimum Gasteiger partial charge on any atom is -0.333 e. The number of aliphatic hydroxyl groups excluding tert-OH is 1. The van der Waals surface area contributed by atoms with Crippen LogP contribution in [-0.2, 0) is 17.1 Å². The number of hydrogen-bond donors (Lipinski definition) is 1. The monoisotopic (exact) mass is 154 g/mol. The van der Waals surface area contributed by atoms with Crippen molar-refractivity contribution in [3.05, 3.63) is 10.1 Å². The molecule has 0 saturated heterocycles. The van der Waals surface area contributed by atoms with Gasteiger partial charge >= 0.3 is 23.3 Å². The van der Waals surface area contributed by atoms with Gasteiger partial charge < -0.3 is 5.11 Å². The summed E-state index contributed by atoms with van der Waals surface area (Å²) < 4.78 is 0. The smallest absolute Gasteiger partial charge is 0.333 e. The zero-order chi connectivity index (χ0) is 5.15. The summed E-state index contributed by atoms with van der Waals surface area (Å²) >= 11 is 0. The van der Waals surface area contributed by atoms with Crippen molar-refractivity contribution in [3.8, 4) is 0 Å². The second kappa shape index (κ2) is 4.05. The van der Waals surface area contributed by atoms with Crippen LogP contribution in [0.2, 0.25) is 0 Å². The molecule has 0 aromatic heterocycles. The molecule has 0 heterocycles. The molecule has 0 saturated carbocycles. The van der Waals surface area contributed by atoms with Gasteiger partial charge in [0.2, 0.25) is 0 Å². The number of nitro groups is 1. The molecule has 1 N–H and O–H groups in total. The average Bonchev–Trinajstić information content (AvgIpc) is 1.36. The van der Waals surface area contributed by atoms with Crippen LogP contribution in [0.15, 0.2) is 0 Å². The molecule has 0 amide bonds. The van der Waals surface area contributed by atoms with Crippen LogP contribution in [0.5, 0.6) is 0 Å². The first-order chi connectivity index (χ1) is 2.64. The van der Waals surface area contributed by atoms with Crippen LogP contribution in [0.25, 0.3) is 0 Å². The molecule has 0 aliphatic carbocycles. The predicted molar refractivity (Wildman–Crippen MR) is 18.7 cm³/mol. The third-order valence-electron chi connectivity index (χ3n) is 0.305. The van der Waals surface area contributed by atoms with Crippen molar-refractivity contribution >= 4 is 0 Å². The number of rotatable bonds is 1. The fourth-order valence-electron chi connectivity index (χ4n) is 0. The maximum Gasteiger partial charge on any atom is 2.00 e. The summed E-state index contributed by atoms with van der Waals surface area (Å²) in [5.74, 6) is 0. The van der Waals surface area contributed by atoms with E-state index in [1.807, 2.05) is 0 Å². The first-order valence-electron chi connectivity index (χ1n) is 1.46. The number of aliphatic hydroxyl groups is 1. The normalized spacial score (nSPS) is 11.7. The molecule has 1 unspecified atom stereocenters. The molecular weight excluding hydrogens is 150 g/mol. The Morgan fingerprint density at radius 2 is 2.00 bits per heavy atom. The van der Waals surface area contributed by atoms with Gasteiger partial charge in [-0.05, 0) is 0 Å². The molecule has 1 atom stereocenters. The molecule has 45 valence electrons. The molecule has 5 heteroatoms.